The van der Waals surface area contributed by atoms with Gasteiger partial charge >= 0.3 is 0 Å². The molecule has 1 amide bonds. The van der Waals surface area contributed by atoms with E-state index in [9.17, 15) is 19.5 Å². The molecule has 3 N–H and O–H groups in total. The first kappa shape index (κ1) is 22.1. The van der Waals surface area contributed by atoms with E-state index in [1.807, 2.05) is 33.8 Å². The molecule has 0 saturated heterocycles. The first-order valence-corrected chi connectivity index (χ1v) is 9.87. The highest BCUT2D eigenvalue weighted by Gasteiger charge is 2.33. The van der Waals surface area contributed by atoms with Crippen LogP contribution in [-0.4, -0.2) is 30.0 Å². The van der Waals surface area contributed by atoms with Crippen molar-refractivity contribution in [1.82, 2.24) is 4.90 Å². The summed E-state index contributed by atoms with van der Waals surface area (Å²) in [6.07, 6.45) is 1.63. The van der Waals surface area contributed by atoms with Crippen LogP contribution in [0.5, 0.6) is 5.75 Å². The van der Waals surface area contributed by atoms with Crippen LogP contribution in [0.2, 0.25) is 0 Å². The van der Waals surface area contributed by atoms with Crippen LogP contribution in [0.3, 0.4) is 0 Å². The Morgan fingerprint density at radius 1 is 1.13 bits per heavy atom. The molecule has 0 saturated carbocycles. The topological polar surface area (TPSA) is 112 Å². The van der Waals surface area contributed by atoms with Gasteiger partial charge in [0.15, 0.2) is 5.75 Å². The summed E-state index contributed by atoms with van der Waals surface area (Å²) in [6, 6.07) is 6.10. The first-order valence-electron chi connectivity index (χ1n) is 9.87. The number of para-hydroxylation sites is 1. The highest BCUT2D eigenvalue weighted by molar-refractivity contribution is 5.99. The SMILES string of the molecule is Cc1coc([C@H](Nc2c(Nc3cccc(C(=O)N(C)C)c3O)c(=O)c2=O)C(C)(C)C)c1. The van der Waals surface area contributed by atoms with E-state index in [2.05, 4.69) is 10.6 Å². The molecule has 3 aromatic rings. The number of nitrogens with one attached hydrogen (secondary N) is 2. The van der Waals surface area contributed by atoms with Gasteiger partial charge in [0.1, 0.15) is 17.1 Å². The van der Waals surface area contributed by atoms with Gasteiger partial charge in [-0.25, -0.2) is 0 Å². The fourth-order valence-corrected chi connectivity index (χ4v) is 3.30. The van der Waals surface area contributed by atoms with E-state index in [1.165, 1.54) is 17.0 Å². The van der Waals surface area contributed by atoms with Crippen molar-refractivity contribution in [1.29, 1.82) is 0 Å². The third-order valence-corrected chi connectivity index (χ3v) is 5.03. The molecule has 0 unspecified atom stereocenters. The van der Waals surface area contributed by atoms with E-state index in [0.717, 1.165) is 5.56 Å². The number of anilines is 3. The Labute approximate surface area is 180 Å². The van der Waals surface area contributed by atoms with Gasteiger partial charge in [-0.1, -0.05) is 26.8 Å². The number of benzene rings is 1. The Kier molecular flexibility index (Phi) is 5.67. The van der Waals surface area contributed by atoms with Gasteiger partial charge in [-0.15, -0.1) is 0 Å². The summed E-state index contributed by atoms with van der Waals surface area (Å²) in [5, 5.41) is 16.5. The zero-order chi connectivity index (χ0) is 23.1. The van der Waals surface area contributed by atoms with Gasteiger partial charge in [0.2, 0.25) is 0 Å². The van der Waals surface area contributed by atoms with E-state index in [1.54, 1.807) is 26.4 Å². The van der Waals surface area contributed by atoms with E-state index in [-0.39, 0.29) is 45.7 Å². The molecule has 0 radical (unpaired) electrons. The van der Waals surface area contributed by atoms with Crippen LogP contribution in [-0.2, 0) is 0 Å². The Balaban J connectivity index is 1.96. The number of hydrogen-bond donors (Lipinski definition) is 3. The maximum absolute atomic E-state index is 12.3. The number of nitrogens with zero attached hydrogens (tertiary/aromatic N) is 1. The molecule has 0 aliphatic rings. The fourth-order valence-electron chi connectivity index (χ4n) is 3.30. The number of amides is 1. The smallest absolute Gasteiger partial charge is 0.257 e. The minimum absolute atomic E-state index is 0.0345. The first-order chi connectivity index (χ1) is 14.4. The molecule has 0 aliphatic heterocycles. The summed E-state index contributed by atoms with van der Waals surface area (Å²) >= 11 is 0. The lowest BCUT2D eigenvalue weighted by atomic mass is 9.84. The molecule has 3 rings (SSSR count). The lowest BCUT2D eigenvalue weighted by Crippen LogP contribution is -2.39. The molecule has 8 heteroatoms. The second-order valence-corrected chi connectivity index (χ2v) is 8.90. The molecule has 1 aromatic heterocycles. The number of hydrogen-bond acceptors (Lipinski definition) is 7. The van der Waals surface area contributed by atoms with E-state index >= 15 is 0 Å². The van der Waals surface area contributed by atoms with Crippen LogP contribution < -0.4 is 21.5 Å². The summed E-state index contributed by atoms with van der Waals surface area (Å²) in [7, 11) is 3.15. The molecule has 1 atom stereocenters. The van der Waals surface area contributed by atoms with Gasteiger partial charge in [0, 0.05) is 14.1 Å². The van der Waals surface area contributed by atoms with Crippen LogP contribution >= 0.6 is 0 Å². The number of phenols is 1. The normalized spacial score (nSPS) is 12.6. The number of rotatable bonds is 6. The minimum atomic E-state index is -0.700. The van der Waals surface area contributed by atoms with Crippen molar-refractivity contribution >= 4 is 23.0 Å². The molecule has 0 spiro atoms. The van der Waals surface area contributed by atoms with E-state index in [0.29, 0.717) is 5.76 Å². The Morgan fingerprint density at radius 2 is 1.77 bits per heavy atom. The molecule has 8 nitrogen and oxygen atoms in total. The van der Waals surface area contributed by atoms with Gasteiger partial charge in [-0.3, -0.25) is 14.4 Å². The highest BCUT2D eigenvalue weighted by atomic mass is 16.3. The van der Waals surface area contributed by atoms with Crippen LogP contribution in [0.15, 0.2) is 44.5 Å². The standard InChI is InChI=1S/C23H27N3O5/c1-12-10-15(31-11-12)21(23(2,3)4)25-17-16(19(28)20(17)29)24-14-9-7-8-13(18(14)27)22(30)26(5)6/h7-11,21,24-25,27H,1-6H3/t21-/m0/s1. The molecule has 0 aliphatic carbocycles. The summed E-state index contributed by atoms with van der Waals surface area (Å²) in [6.45, 7) is 7.87. The van der Waals surface area contributed by atoms with Gasteiger partial charge in [0.25, 0.3) is 16.8 Å². The highest BCUT2D eigenvalue weighted by Crippen LogP contribution is 2.38. The van der Waals surface area contributed by atoms with Gasteiger partial charge in [-0.2, -0.15) is 0 Å². The van der Waals surface area contributed by atoms with Crippen molar-refractivity contribution in [3.63, 3.8) is 0 Å². The van der Waals surface area contributed by atoms with Crippen molar-refractivity contribution in [2.75, 3.05) is 24.7 Å². The summed E-state index contributed by atoms with van der Waals surface area (Å²) < 4.78 is 5.64. The second-order valence-electron chi connectivity index (χ2n) is 8.90. The lowest BCUT2D eigenvalue weighted by Gasteiger charge is -2.31. The molecular formula is C23H27N3O5. The number of aromatic hydroxyl groups is 1. The van der Waals surface area contributed by atoms with Crippen LogP contribution in [0.1, 0.15) is 48.5 Å². The zero-order valence-corrected chi connectivity index (χ0v) is 18.5. The van der Waals surface area contributed by atoms with E-state index in [4.69, 9.17) is 4.42 Å². The van der Waals surface area contributed by atoms with Crippen molar-refractivity contribution in [2.24, 2.45) is 5.41 Å². The van der Waals surface area contributed by atoms with Gasteiger partial charge in [-0.05, 0) is 36.1 Å². The number of phenolic OH excluding ortho intramolecular Hbond substituents is 1. The van der Waals surface area contributed by atoms with Crippen molar-refractivity contribution < 1.29 is 14.3 Å². The molecule has 2 aromatic carbocycles. The summed E-state index contributed by atoms with van der Waals surface area (Å²) in [4.78, 5) is 38.2. The average Bonchev–Trinajstić information content (AvgIpc) is 3.12. The maximum atomic E-state index is 12.3. The quantitative estimate of drug-likeness (QED) is 0.409. The summed E-state index contributed by atoms with van der Waals surface area (Å²) in [5.41, 5.74) is -0.348. The Hall–Kier alpha value is -3.55. The minimum Gasteiger partial charge on any atom is -0.505 e. The van der Waals surface area contributed by atoms with E-state index < -0.39 is 10.9 Å². The maximum Gasteiger partial charge on any atom is 0.257 e. The van der Waals surface area contributed by atoms with Crippen LogP contribution in [0, 0.1) is 12.3 Å². The van der Waals surface area contributed by atoms with Crippen molar-refractivity contribution in [2.45, 2.75) is 33.7 Å². The molecule has 1 heterocycles. The number of carbonyl (C=O) groups excluding carboxylic acids is 1. The zero-order valence-electron chi connectivity index (χ0n) is 18.5. The van der Waals surface area contributed by atoms with Crippen LogP contribution in [0.4, 0.5) is 17.1 Å². The molecule has 31 heavy (non-hydrogen) atoms. The largest absolute Gasteiger partial charge is 0.505 e. The second kappa shape index (κ2) is 7.94. The van der Waals surface area contributed by atoms with Crippen molar-refractivity contribution in [3.8, 4) is 5.75 Å². The Morgan fingerprint density at radius 3 is 2.32 bits per heavy atom. The average molecular weight is 425 g/mol. The van der Waals surface area contributed by atoms with Gasteiger partial charge < -0.3 is 25.1 Å². The monoisotopic (exact) mass is 425 g/mol. The molecular weight excluding hydrogens is 398 g/mol. The summed E-state index contributed by atoms with van der Waals surface area (Å²) in [5.74, 6) is -0.0369. The lowest BCUT2D eigenvalue weighted by molar-refractivity contribution is 0.0824. The number of aryl methyl sites for hydroxylation is 1. The Bertz CT molecular complexity index is 1190. The molecule has 164 valence electrons. The number of furan rings is 1. The van der Waals surface area contributed by atoms with Crippen LogP contribution in [0.25, 0.3) is 0 Å². The predicted molar refractivity (Wildman–Crippen MR) is 120 cm³/mol. The third-order valence-electron chi connectivity index (χ3n) is 5.03. The molecule has 0 fully saturated rings. The van der Waals surface area contributed by atoms with Gasteiger partial charge in [0.05, 0.1) is 23.6 Å². The number of carbonyl (C=O) groups is 1. The van der Waals surface area contributed by atoms with Crippen molar-refractivity contribution in [3.05, 3.63) is 67.9 Å². The predicted octanol–water partition coefficient (Wildman–Crippen LogP) is 3.53. The third kappa shape index (κ3) is 4.19. The molecule has 0 bridgehead atoms. The fraction of sp³-hybridized carbons (Fsp3) is 0.348.